The van der Waals surface area contributed by atoms with Crippen molar-refractivity contribution in [1.29, 1.82) is 0 Å². The second-order valence-corrected chi connectivity index (χ2v) is 10.3. The van der Waals surface area contributed by atoms with Gasteiger partial charge in [0.1, 0.15) is 11.9 Å². The van der Waals surface area contributed by atoms with Crippen LogP contribution < -0.4 is 15.4 Å². The summed E-state index contributed by atoms with van der Waals surface area (Å²) in [5, 5.41) is 14.4. The molecule has 2 aromatic carbocycles. The van der Waals surface area contributed by atoms with E-state index in [0.29, 0.717) is 12.8 Å². The Morgan fingerprint density at radius 3 is 2.31 bits per heavy atom. The second-order valence-electron chi connectivity index (χ2n) is 8.64. The maximum atomic E-state index is 13.2. The quantitative estimate of drug-likeness (QED) is 0.328. The number of rotatable bonds is 10. The van der Waals surface area contributed by atoms with Crippen molar-refractivity contribution in [2.24, 2.45) is 0 Å². The Bertz CT molecular complexity index is 1330. The number of hydrogen-bond acceptors (Lipinski definition) is 6. The molecule has 0 aliphatic heterocycles. The first kappa shape index (κ1) is 25.4. The topological polar surface area (TPSA) is 137 Å². The molecule has 9 nitrogen and oxygen atoms in total. The molecule has 1 aromatic heterocycles. The number of aromatic nitrogens is 1. The van der Waals surface area contributed by atoms with Crippen molar-refractivity contribution in [1.82, 2.24) is 15.0 Å². The number of halogens is 1. The second kappa shape index (κ2) is 10.5. The summed E-state index contributed by atoms with van der Waals surface area (Å²) in [5.74, 6) is -1.57. The zero-order valence-corrected chi connectivity index (χ0v) is 20.0. The molecule has 1 saturated carbocycles. The highest BCUT2D eigenvalue weighted by Crippen LogP contribution is 2.36. The lowest BCUT2D eigenvalue weighted by molar-refractivity contribution is -0.118. The van der Waals surface area contributed by atoms with Gasteiger partial charge in [-0.2, -0.15) is 0 Å². The number of nitrogens with one attached hydrogen (secondary N) is 3. The average Bonchev–Trinajstić information content (AvgIpc) is 3.64. The molecule has 0 unspecified atom stereocenters. The first-order valence-corrected chi connectivity index (χ1v) is 12.7. The molecule has 0 spiro atoms. The third kappa shape index (κ3) is 6.30. The molecule has 2 amide bonds. The summed E-state index contributed by atoms with van der Waals surface area (Å²) in [6.07, 6.45) is 2.48. The van der Waals surface area contributed by atoms with Gasteiger partial charge in [0.15, 0.2) is 5.03 Å². The Balaban J connectivity index is 1.47. The molecule has 1 heterocycles. The summed E-state index contributed by atoms with van der Waals surface area (Å²) in [4.78, 5) is 29.7. The lowest BCUT2D eigenvalue weighted by Crippen LogP contribution is -2.45. The molecule has 11 heteroatoms. The standard InChI is InChI=1S/C25H25FN4O5S/c26-19-8-6-18(7-9-19)23(32)29-21(14-17-4-2-1-3-5-17)24(33)28-20-10-11-22(27-15-20)36(34,35)30-25(16-31)12-13-25/h1-11,15,21,30-31H,12-14,16H2,(H,28,33)(H,29,32)/t21-/m0/s1. The van der Waals surface area contributed by atoms with Crippen LogP contribution in [0.25, 0.3) is 0 Å². The van der Waals surface area contributed by atoms with E-state index in [2.05, 4.69) is 20.3 Å². The Kier molecular flexibility index (Phi) is 7.43. The van der Waals surface area contributed by atoms with Gasteiger partial charge in [0.25, 0.3) is 15.9 Å². The smallest absolute Gasteiger partial charge is 0.258 e. The highest BCUT2D eigenvalue weighted by molar-refractivity contribution is 7.89. The zero-order valence-electron chi connectivity index (χ0n) is 19.1. The van der Waals surface area contributed by atoms with E-state index in [1.165, 1.54) is 30.5 Å². The summed E-state index contributed by atoms with van der Waals surface area (Å²) in [6, 6.07) is 15.7. The van der Waals surface area contributed by atoms with E-state index in [9.17, 15) is 27.5 Å². The molecule has 0 bridgehead atoms. The minimum absolute atomic E-state index is 0.187. The van der Waals surface area contributed by atoms with Crippen LogP contribution in [0.5, 0.6) is 0 Å². The van der Waals surface area contributed by atoms with E-state index in [0.717, 1.165) is 17.7 Å². The van der Waals surface area contributed by atoms with Crippen LogP contribution in [0.1, 0.15) is 28.8 Å². The first-order chi connectivity index (χ1) is 17.2. The van der Waals surface area contributed by atoms with Gasteiger partial charge in [-0.3, -0.25) is 9.59 Å². The fourth-order valence-electron chi connectivity index (χ4n) is 3.53. The van der Waals surface area contributed by atoms with Crippen molar-refractivity contribution < 1.29 is 27.5 Å². The molecule has 3 aromatic rings. The van der Waals surface area contributed by atoms with Crippen molar-refractivity contribution >= 4 is 27.5 Å². The van der Waals surface area contributed by atoms with Crippen LogP contribution in [0.2, 0.25) is 0 Å². The molecular formula is C25H25FN4O5S. The summed E-state index contributed by atoms with van der Waals surface area (Å²) >= 11 is 0. The van der Waals surface area contributed by atoms with Gasteiger partial charge in [-0.1, -0.05) is 30.3 Å². The van der Waals surface area contributed by atoms with Crippen LogP contribution >= 0.6 is 0 Å². The Morgan fingerprint density at radius 2 is 1.72 bits per heavy atom. The minimum Gasteiger partial charge on any atom is -0.394 e. The van der Waals surface area contributed by atoms with Crippen molar-refractivity contribution in [2.75, 3.05) is 11.9 Å². The van der Waals surface area contributed by atoms with Gasteiger partial charge >= 0.3 is 0 Å². The number of carbonyl (C=O) groups excluding carboxylic acids is 2. The third-order valence-corrected chi connectivity index (χ3v) is 7.29. The largest absolute Gasteiger partial charge is 0.394 e. The van der Waals surface area contributed by atoms with Gasteiger partial charge in [0, 0.05) is 12.0 Å². The lowest BCUT2D eigenvalue weighted by Gasteiger charge is -2.19. The molecule has 4 N–H and O–H groups in total. The monoisotopic (exact) mass is 512 g/mol. The number of benzene rings is 2. The van der Waals surface area contributed by atoms with Gasteiger partial charge in [0.2, 0.25) is 5.91 Å². The van der Waals surface area contributed by atoms with Crippen molar-refractivity contribution in [3.63, 3.8) is 0 Å². The molecule has 188 valence electrons. The number of pyridine rings is 1. The van der Waals surface area contributed by atoms with Gasteiger partial charge in [-0.25, -0.2) is 22.5 Å². The van der Waals surface area contributed by atoms with Gasteiger partial charge in [-0.15, -0.1) is 0 Å². The number of sulfonamides is 1. The van der Waals surface area contributed by atoms with E-state index in [4.69, 9.17) is 0 Å². The van der Waals surface area contributed by atoms with E-state index >= 15 is 0 Å². The number of amides is 2. The predicted molar refractivity (Wildman–Crippen MR) is 130 cm³/mol. The fraction of sp³-hybridized carbons (Fsp3) is 0.240. The van der Waals surface area contributed by atoms with Gasteiger partial charge < -0.3 is 15.7 Å². The van der Waals surface area contributed by atoms with Crippen LogP contribution in [0.15, 0.2) is 78.0 Å². The SMILES string of the molecule is O=C(N[C@@H](Cc1ccccc1)C(=O)Nc1ccc(S(=O)(=O)NC2(CO)CC2)nc1)c1ccc(F)cc1. The van der Waals surface area contributed by atoms with Gasteiger partial charge in [-0.05, 0) is 54.8 Å². The molecular weight excluding hydrogens is 487 g/mol. The number of aliphatic hydroxyl groups is 1. The third-order valence-electron chi connectivity index (χ3n) is 5.80. The Morgan fingerprint density at radius 1 is 1.03 bits per heavy atom. The predicted octanol–water partition coefficient (Wildman–Crippen LogP) is 2.00. The van der Waals surface area contributed by atoms with Crippen LogP contribution in [-0.4, -0.2) is 48.5 Å². The van der Waals surface area contributed by atoms with E-state index in [-0.39, 0.29) is 29.3 Å². The van der Waals surface area contributed by atoms with Crippen LogP contribution in [0.4, 0.5) is 10.1 Å². The Labute approximate surface area is 207 Å². The lowest BCUT2D eigenvalue weighted by atomic mass is 10.0. The molecule has 1 aliphatic rings. The molecule has 0 radical (unpaired) electrons. The number of anilines is 1. The first-order valence-electron chi connectivity index (χ1n) is 11.2. The molecule has 1 fully saturated rings. The van der Waals surface area contributed by atoms with Gasteiger partial charge in [0.05, 0.1) is 24.0 Å². The number of hydrogen-bond donors (Lipinski definition) is 4. The number of carbonyl (C=O) groups is 2. The Hall–Kier alpha value is -3.67. The van der Waals surface area contributed by atoms with E-state index < -0.39 is 39.2 Å². The van der Waals surface area contributed by atoms with Crippen LogP contribution in [0.3, 0.4) is 0 Å². The highest BCUT2D eigenvalue weighted by atomic mass is 32.2. The van der Waals surface area contributed by atoms with E-state index in [1.807, 2.05) is 30.3 Å². The van der Waals surface area contributed by atoms with Crippen molar-refractivity contribution in [3.8, 4) is 0 Å². The fourth-order valence-corrected chi connectivity index (χ4v) is 4.91. The van der Waals surface area contributed by atoms with Crippen molar-refractivity contribution in [3.05, 3.63) is 89.9 Å². The zero-order chi connectivity index (χ0) is 25.8. The molecule has 1 atom stereocenters. The number of nitrogens with zero attached hydrogens (tertiary/aromatic N) is 1. The average molecular weight is 513 g/mol. The maximum absolute atomic E-state index is 13.2. The molecule has 0 saturated heterocycles. The highest BCUT2D eigenvalue weighted by Gasteiger charge is 2.45. The molecule has 4 rings (SSSR count). The molecule has 1 aliphatic carbocycles. The summed E-state index contributed by atoms with van der Waals surface area (Å²) in [7, 11) is -3.94. The maximum Gasteiger partial charge on any atom is 0.258 e. The van der Waals surface area contributed by atoms with E-state index in [1.54, 1.807) is 0 Å². The normalized spacial score (nSPS) is 15.1. The summed E-state index contributed by atoms with van der Waals surface area (Å²) in [5.41, 5.74) is 0.403. The minimum atomic E-state index is -3.94. The summed E-state index contributed by atoms with van der Waals surface area (Å²) in [6.45, 7) is -0.299. The molecule has 36 heavy (non-hydrogen) atoms. The van der Waals surface area contributed by atoms with Crippen LogP contribution in [-0.2, 0) is 21.2 Å². The number of aliphatic hydroxyl groups excluding tert-OH is 1. The summed E-state index contributed by atoms with van der Waals surface area (Å²) < 4.78 is 40.7. The van der Waals surface area contributed by atoms with Crippen LogP contribution in [0, 0.1) is 5.82 Å². The van der Waals surface area contributed by atoms with Crippen molar-refractivity contribution in [2.45, 2.75) is 35.9 Å².